The summed E-state index contributed by atoms with van der Waals surface area (Å²) >= 11 is 0. The van der Waals surface area contributed by atoms with Gasteiger partial charge in [0.2, 0.25) is 0 Å². The molecule has 1 aromatic rings. The van der Waals surface area contributed by atoms with Crippen LogP contribution in [0.25, 0.3) is 0 Å². The molecule has 13 heavy (non-hydrogen) atoms. The molecule has 1 aromatic carbocycles. The number of aliphatic hydroxyl groups is 1. The molecule has 2 heteroatoms. The van der Waals surface area contributed by atoms with Crippen LogP contribution in [-0.4, -0.2) is 11.2 Å². The lowest BCUT2D eigenvalue weighted by Gasteiger charge is -2.22. The molecular weight excluding hydrogens is 164 g/mol. The molecule has 1 aliphatic heterocycles. The predicted molar refractivity (Wildman–Crippen MR) is 50.0 cm³/mol. The summed E-state index contributed by atoms with van der Waals surface area (Å²) in [7, 11) is 0. The highest BCUT2D eigenvalue weighted by Crippen LogP contribution is 2.26. The molecule has 68 valence electrons. The van der Waals surface area contributed by atoms with E-state index in [1.54, 1.807) is 12.3 Å². The zero-order chi connectivity index (χ0) is 9.10. The summed E-state index contributed by atoms with van der Waals surface area (Å²) in [5.74, 6) is 0. The van der Waals surface area contributed by atoms with Crippen molar-refractivity contribution in [3.05, 3.63) is 48.2 Å². The van der Waals surface area contributed by atoms with Gasteiger partial charge in [0.25, 0.3) is 0 Å². The molecule has 0 fully saturated rings. The molecular formula is C11H12O2. The fourth-order valence-electron chi connectivity index (χ4n) is 1.47. The van der Waals surface area contributed by atoms with E-state index in [0.29, 0.717) is 6.42 Å². The standard InChI is InChI=1S/C11H12O2/c12-10-6-7-13-11(8-10)9-4-2-1-3-5-9/h1-7,10-12H,8H2/t10-,11+/m1/s1. The molecule has 0 saturated heterocycles. The summed E-state index contributed by atoms with van der Waals surface area (Å²) in [6, 6.07) is 9.94. The lowest BCUT2D eigenvalue weighted by Crippen LogP contribution is -2.15. The van der Waals surface area contributed by atoms with E-state index in [-0.39, 0.29) is 12.2 Å². The minimum Gasteiger partial charge on any atom is -0.493 e. The first kappa shape index (κ1) is 8.32. The summed E-state index contributed by atoms with van der Waals surface area (Å²) < 4.78 is 5.39. The van der Waals surface area contributed by atoms with Crippen LogP contribution >= 0.6 is 0 Å². The summed E-state index contributed by atoms with van der Waals surface area (Å²) in [4.78, 5) is 0. The van der Waals surface area contributed by atoms with Gasteiger partial charge < -0.3 is 9.84 Å². The average Bonchev–Trinajstić information content (AvgIpc) is 2.19. The van der Waals surface area contributed by atoms with Crippen molar-refractivity contribution in [1.82, 2.24) is 0 Å². The number of benzene rings is 1. The van der Waals surface area contributed by atoms with E-state index in [9.17, 15) is 5.11 Å². The molecule has 2 nitrogen and oxygen atoms in total. The number of hydrogen-bond donors (Lipinski definition) is 1. The normalized spacial score (nSPS) is 26.8. The third-order valence-corrected chi connectivity index (χ3v) is 2.17. The van der Waals surface area contributed by atoms with Crippen LogP contribution in [0, 0.1) is 0 Å². The fourth-order valence-corrected chi connectivity index (χ4v) is 1.47. The van der Waals surface area contributed by atoms with E-state index < -0.39 is 0 Å². The average molecular weight is 176 g/mol. The maximum atomic E-state index is 9.37. The van der Waals surface area contributed by atoms with Crippen molar-refractivity contribution < 1.29 is 9.84 Å². The largest absolute Gasteiger partial charge is 0.493 e. The molecule has 1 N–H and O–H groups in total. The SMILES string of the molecule is O[C@@H]1C=CO[C@H](c2ccccc2)C1. The summed E-state index contributed by atoms with van der Waals surface area (Å²) in [5.41, 5.74) is 1.12. The summed E-state index contributed by atoms with van der Waals surface area (Å²) in [6.07, 6.45) is 3.51. The van der Waals surface area contributed by atoms with Gasteiger partial charge in [0.1, 0.15) is 6.10 Å². The smallest absolute Gasteiger partial charge is 0.126 e. The van der Waals surface area contributed by atoms with Crippen LogP contribution in [0.4, 0.5) is 0 Å². The van der Waals surface area contributed by atoms with Gasteiger partial charge in [-0.3, -0.25) is 0 Å². The Morgan fingerprint density at radius 3 is 2.69 bits per heavy atom. The van der Waals surface area contributed by atoms with E-state index in [4.69, 9.17) is 4.74 Å². The zero-order valence-corrected chi connectivity index (χ0v) is 7.26. The number of hydrogen-bond acceptors (Lipinski definition) is 2. The Morgan fingerprint density at radius 2 is 2.00 bits per heavy atom. The molecule has 2 atom stereocenters. The first-order valence-electron chi connectivity index (χ1n) is 4.41. The molecule has 0 saturated carbocycles. The maximum absolute atomic E-state index is 9.37. The first-order chi connectivity index (χ1) is 6.36. The summed E-state index contributed by atoms with van der Waals surface area (Å²) in [5, 5.41) is 9.37. The minimum atomic E-state index is -0.376. The van der Waals surface area contributed by atoms with Crippen LogP contribution in [0.3, 0.4) is 0 Å². The molecule has 0 amide bonds. The topological polar surface area (TPSA) is 29.5 Å². The van der Waals surface area contributed by atoms with Gasteiger partial charge in [-0.25, -0.2) is 0 Å². The quantitative estimate of drug-likeness (QED) is 0.709. The molecule has 0 unspecified atom stereocenters. The van der Waals surface area contributed by atoms with Crippen molar-refractivity contribution in [1.29, 1.82) is 0 Å². The Balaban J connectivity index is 2.15. The number of ether oxygens (including phenoxy) is 1. The minimum absolute atomic E-state index is 0.00111. The van der Waals surface area contributed by atoms with Gasteiger partial charge in [0.15, 0.2) is 0 Å². The monoisotopic (exact) mass is 176 g/mol. The van der Waals surface area contributed by atoms with Crippen LogP contribution in [0.1, 0.15) is 18.1 Å². The lowest BCUT2D eigenvalue weighted by molar-refractivity contribution is 0.0641. The van der Waals surface area contributed by atoms with Crippen LogP contribution in [-0.2, 0) is 4.74 Å². The highest BCUT2D eigenvalue weighted by molar-refractivity contribution is 5.19. The second kappa shape index (κ2) is 3.62. The van der Waals surface area contributed by atoms with E-state index >= 15 is 0 Å². The molecule has 2 rings (SSSR count). The van der Waals surface area contributed by atoms with Crippen molar-refractivity contribution in [3.63, 3.8) is 0 Å². The predicted octanol–water partition coefficient (Wildman–Crippen LogP) is 2.02. The van der Waals surface area contributed by atoms with E-state index in [1.807, 2.05) is 30.3 Å². The Kier molecular flexibility index (Phi) is 2.32. The van der Waals surface area contributed by atoms with Gasteiger partial charge in [-0.1, -0.05) is 30.3 Å². The van der Waals surface area contributed by atoms with Crippen LogP contribution in [0.2, 0.25) is 0 Å². The van der Waals surface area contributed by atoms with E-state index in [1.165, 1.54) is 0 Å². The van der Waals surface area contributed by atoms with Gasteiger partial charge in [-0.2, -0.15) is 0 Å². The van der Waals surface area contributed by atoms with Crippen molar-refractivity contribution >= 4 is 0 Å². The van der Waals surface area contributed by atoms with Gasteiger partial charge in [0.05, 0.1) is 12.4 Å². The van der Waals surface area contributed by atoms with Gasteiger partial charge in [-0.15, -0.1) is 0 Å². The first-order valence-corrected chi connectivity index (χ1v) is 4.41. The molecule has 0 spiro atoms. The highest BCUT2D eigenvalue weighted by Gasteiger charge is 2.18. The third kappa shape index (κ3) is 1.90. The number of aliphatic hydroxyl groups excluding tert-OH is 1. The van der Waals surface area contributed by atoms with Crippen molar-refractivity contribution in [2.24, 2.45) is 0 Å². The molecule has 0 bridgehead atoms. The third-order valence-electron chi connectivity index (χ3n) is 2.17. The number of rotatable bonds is 1. The molecule has 0 radical (unpaired) electrons. The van der Waals surface area contributed by atoms with E-state index in [2.05, 4.69) is 0 Å². The Morgan fingerprint density at radius 1 is 1.23 bits per heavy atom. The van der Waals surface area contributed by atoms with Gasteiger partial charge >= 0.3 is 0 Å². The van der Waals surface area contributed by atoms with Crippen molar-refractivity contribution in [3.8, 4) is 0 Å². The Hall–Kier alpha value is -1.28. The zero-order valence-electron chi connectivity index (χ0n) is 7.26. The molecule has 1 heterocycles. The lowest BCUT2D eigenvalue weighted by atomic mass is 10.0. The van der Waals surface area contributed by atoms with Crippen LogP contribution < -0.4 is 0 Å². The highest BCUT2D eigenvalue weighted by atomic mass is 16.5. The molecule has 0 aliphatic carbocycles. The Labute approximate surface area is 77.5 Å². The molecule has 1 aliphatic rings. The second-order valence-corrected chi connectivity index (χ2v) is 3.17. The van der Waals surface area contributed by atoms with Crippen molar-refractivity contribution in [2.45, 2.75) is 18.6 Å². The van der Waals surface area contributed by atoms with Crippen LogP contribution in [0.15, 0.2) is 42.7 Å². The second-order valence-electron chi connectivity index (χ2n) is 3.17. The van der Waals surface area contributed by atoms with E-state index in [0.717, 1.165) is 5.56 Å². The molecule has 0 aromatic heterocycles. The van der Waals surface area contributed by atoms with Gasteiger partial charge in [0, 0.05) is 6.42 Å². The summed E-state index contributed by atoms with van der Waals surface area (Å²) in [6.45, 7) is 0. The fraction of sp³-hybridized carbons (Fsp3) is 0.273. The van der Waals surface area contributed by atoms with Gasteiger partial charge in [-0.05, 0) is 11.6 Å². The van der Waals surface area contributed by atoms with Crippen molar-refractivity contribution in [2.75, 3.05) is 0 Å². The Bertz CT molecular complexity index is 292. The van der Waals surface area contributed by atoms with Crippen LogP contribution in [0.5, 0.6) is 0 Å². The maximum Gasteiger partial charge on any atom is 0.126 e.